The number of aromatic amines is 1. The summed E-state index contributed by atoms with van der Waals surface area (Å²) in [6, 6.07) is 3.79. The lowest BCUT2D eigenvalue weighted by atomic mass is 10.3. The Hall–Kier alpha value is -1.35. The smallest absolute Gasteiger partial charge is 0.156 e. The van der Waals surface area contributed by atoms with Crippen LogP contribution in [-0.2, 0) is 0 Å². The Bertz CT molecular complexity index is 370. The minimum absolute atomic E-state index is 0.417. The highest BCUT2D eigenvalue weighted by Gasteiger charge is 2.04. The van der Waals surface area contributed by atoms with E-state index in [1.54, 1.807) is 12.4 Å². The molecule has 0 atom stereocenters. The third-order valence-electron chi connectivity index (χ3n) is 1.51. The van der Waals surface area contributed by atoms with Crippen LogP contribution in [-0.4, -0.2) is 15.0 Å². The fourth-order valence-corrected chi connectivity index (χ4v) is 1.19. The first-order valence-electron chi connectivity index (χ1n) is 3.48. The van der Waals surface area contributed by atoms with Crippen molar-refractivity contribution in [1.82, 2.24) is 15.0 Å². The van der Waals surface area contributed by atoms with Crippen molar-refractivity contribution >= 4 is 11.6 Å². The fourth-order valence-electron chi connectivity index (χ4n) is 0.979. The number of hydrogen-bond acceptors (Lipinski definition) is 2. The molecule has 0 fully saturated rings. The fraction of sp³-hybridized carbons (Fsp3) is 0. The molecule has 2 aromatic heterocycles. The topological polar surface area (TPSA) is 41.6 Å². The molecule has 4 heteroatoms. The second-order valence-electron chi connectivity index (χ2n) is 2.28. The lowest BCUT2D eigenvalue weighted by molar-refractivity contribution is 1.19. The van der Waals surface area contributed by atoms with Gasteiger partial charge < -0.3 is 4.98 Å². The van der Waals surface area contributed by atoms with Gasteiger partial charge in [-0.2, -0.15) is 0 Å². The molecule has 2 aromatic rings. The molecule has 0 spiro atoms. The van der Waals surface area contributed by atoms with E-state index in [0.717, 1.165) is 5.69 Å². The summed E-state index contributed by atoms with van der Waals surface area (Å²) < 4.78 is 0. The van der Waals surface area contributed by atoms with Crippen LogP contribution >= 0.6 is 11.6 Å². The van der Waals surface area contributed by atoms with Crippen LogP contribution in [0.2, 0.25) is 5.15 Å². The van der Waals surface area contributed by atoms with E-state index < -0.39 is 0 Å². The molecule has 0 saturated carbocycles. The first-order chi connectivity index (χ1) is 5.88. The lowest BCUT2D eigenvalue weighted by Gasteiger charge is -1.97. The highest BCUT2D eigenvalue weighted by Crippen LogP contribution is 2.20. The Morgan fingerprint density at radius 1 is 1.25 bits per heavy atom. The van der Waals surface area contributed by atoms with Gasteiger partial charge in [-0.05, 0) is 12.1 Å². The predicted octanol–water partition coefficient (Wildman–Crippen LogP) is 2.13. The minimum atomic E-state index is 0.417. The summed E-state index contributed by atoms with van der Waals surface area (Å²) >= 11 is 5.82. The third-order valence-corrected chi connectivity index (χ3v) is 1.78. The Kier molecular flexibility index (Phi) is 1.80. The molecular formula is C8H6ClN3. The molecule has 0 aliphatic carbocycles. The molecule has 2 rings (SSSR count). The molecule has 60 valence electrons. The molecule has 1 N–H and O–H groups in total. The summed E-state index contributed by atoms with van der Waals surface area (Å²) in [5, 5.41) is 0.417. The largest absolute Gasteiger partial charge is 0.360 e. The van der Waals surface area contributed by atoms with Gasteiger partial charge in [-0.25, -0.2) is 9.97 Å². The number of hydrogen-bond donors (Lipinski definition) is 1. The van der Waals surface area contributed by atoms with E-state index in [0.29, 0.717) is 10.8 Å². The number of nitrogens with one attached hydrogen (secondary N) is 1. The van der Waals surface area contributed by atoms with Crippen molar-refractivity contribution < 1.29 is 0 Å². The van der Waals surface area contributed by atoms with E-state index in [-0.39, 0.29) is 0 Å². The summed E-state index contributed by atoms with van der Waals surface area (Å²) in [5.41, 5.74) is 1.57. The van der Waals surface area contributed by atoms with Gasteiger partial charge in [-0.1, -0.05) is 11.6 Å². The van der Waals surface area contributed by atoms with Crippen LogP contribution in [0.25, 0.3) is 11.4 Å². The van der Waals surface area contributed by atoms with Crippen LogP contribution < -0.4 is 0 Å². The number of aromatic nitrogens is 3. The molecule has 0 saturated heterocycles. The van der Waals surface area contributed by atoms with Crippen molar-refractivity contribution in [3.05, 3.63) is 35.9 Å². The van der Waals surface area contributed by atoms with Gasteiger partial charge >= 0.3 is 0 Å². The molecule has 0 aromatic carbocycles. The zero-order valence-electron chi connectivity index (χ0n) is 6.16. The van der Waals surface area contributed by atoms with Crippen LogP contribution in [0.5, 0.6) is 0 Å². The van der Waals surface area contributed by atoms with Gasteiger partial charge in [0.05, 0.1) is 5.69 Å². The van der Waals surface area contributed by atoms with E-state index in [1.807, 2.05) is 18.3 Å². The predicted molar refractivity (Wildman–Crippen MR) is 46.8 cm³/mol. The minimum Gasteiger partial charge on any atom is -0.360 e. The summed E-state index contributed by atoms with van der Waals surface area (Å²) in [6.45, 7) is 0. The van der Waals surface area contributed by atoms with Gasteiger partial charge in [-0.15, -0.1) is 0 Å². The van der Waals surface area contributed by atoms with Gasteiger partial charge in [0.1, 0.15) is 5.69 Å². The molecule has 0 radical (unpaired) electrons. The van der Waals surface area contributed by atoms with Gasteiger partial charge in [0.25, 0.3) is 0 Å². The standard InChI is InChI=1S/C8H6ClN3/c9-8-7(11-4-5-12-8)6-2-1-3-10-6/h1-5,10H. The first-order valence-corrected chi connectivity index (χ1v) is 3.86. The van der Waals surface area contributed by atoms with E-state index in [1.165, 1.54) is 0 Å². The van der Waals surface area contributed by atoms with Crippen molar-refractivity contribution in [1.29, 1.82) is 0 Å². The molecule has 3 nitrogen and oxygen atoms in total. The summed E-state index contributed by atoms with van der Waals surface area (Å²) in [7, 11) is 0. The summed E-state index contributed by atoms with van der Waals surface area (Å²) in [6.07, 6.45) is 5.00. The number of H-pyrrole nitrogens is 1. The molecule has 0 aliphatic heterocycles. The molecule has 0 amide bonds. The molecule has 0 bridgehead atoms. The van der Waals surface area contributed by atoms with E-state index in [4.69, 9.17) is 11.6 Å². The monoisotopic (exact) mass is 179 g/mol. The van der Waals surface area contributed by atoms with Crippen LogP contribution in [0.4, 0.5) is 0 Å². The molecular weight excluding hydrogens is 174 g/mol. The quantitative estimate of drug-likeness (QED) is 0.729. The van der Waals surface area contributed by atoms with E-state index >= 15 is 0 Å². The first kappa shape index (κ1) is 7.31. The zero-order chi connectivity index (χ0) is 8.39. The number of nitrogens with zero attached hydrogens (tertiary/aromatic N) is 2. The van der Waals surface area contributed by atoms with Crippen molar-refractivity contribution in [2.24, 2.45) is 0 Å². The summed E-state index contributed by atoms with van der Waals surface area (Å²) in [5.74, 6) is 0. The Labute approximate surface area is 74.4 Å². The number of rotatable bonds is 1. The normalized spacial score (nSPS) is 10.1. The third kappa shape index (κ3) is 1.19. The van der Waals surface area contributed by atoms with Gasteiger partial charge in [0.2, 0.25) is 0 Å². The summed E-state index contributed by atoms with van der Waals surface area (Å²) in [4.78, 5) is 11.0. The van der Waals surface area contributed by atoms with Crippen molar-refractivity contribution in [3.63, 3.8) is 0 Å². The average molecular weight is 180 g/mol. The van der Waals surface area contributed by atoms with Crippen molar-refractivity contribution in [2.75, 3.05) is 0 Å². The van der Waals surface area contributed by atoms with Crippen molar-refractivity contribution in [3.8, 4) is 11.4 Å². The molecule has 0 unspecified atom stereocenters. The van der Waals surface area contributed by atoms with Gasteiger partial charge in [0.15, 0.2) is 5.15 Å². The highest BCUT2D eigenvalue weighted by molar-refractivity contribution is 6.31. The maximum absolute atomic E-state index is 5.82. The van der Waals surface area contributed by atoms with E-state index in [9.17, 15) is 0 Å². The number of halogens is 1. The Morgan fingerprint density at radius 3 is 2.75 bits per heavy atom. The van der Waals surface area contributed by atoms with Crippen LogP contribution in [0.1, 0.15) is 0 Å². The maximum atomic E-state index is 5.82. The van der Waals surface area contributed by atoms with Crippen LogP contribution in [0, 0.1) is 0 Å². The van der Waals surface area contributed by atoms with Gasteiger partial charge in [-0.3, -0.25) is 0 Å². The molecule has 0 aliphatic rings. The Morgan fingerprint density at radius 2 is 2.08 bits per heavy atom. The Balaban J connectivity index is 2.55. The second-order valence-corrected chi connectivity index (χ2v) is 2.64. The second kappa shape index (κ2) is 2.95. The van der Waals surface area contributed by atoms with Gasteiger partial charge in [0, 0.05) is 18.6 Å². The highest BCUT2D eigenvalue weighted by atomic mass is 35.5. The zero-order valence-corrected chi connectivity index (χ0v) is 6.92. The van der Waals surface area contributed by atoms with Crippen LogP contribution in [0.15, 0.2) is 30.7 Å². The van der Waals surface area contributed by atoms with Crippen molar-refractivity contribution in [2.45, 2.75) is 0 Å². The molecule has 2 heterocycles. The SMILES string of the molecule is Clc1nccnc1-c1ccc[nH]1. The van der Waals surface area contributed by atoms with Crippen LogP contribution in [0.3, 0.4) is 0 Å². The average Bonchev–Trinajstić information content (AvgIpc) is 2.57. The lowest BCUT2D eigenvalue weighted by Crippen LogP contribution is -1.86. The molecule has 12 heavy (non-hydrogen) atoms. The maximum Gasteiger partial charge on any atom is 0.156 e. The van der Waals surface area contributed by atoms with E-state index in [2.05, 4.69) is 15.0 Å².